The van der Waals surface area contributed by atoms with Crippen LogP contribution in [0.3, 0.4) is 0 Å². The van der Waals surface area contributed by atoms with Gasteiger partial charge in [0, 0.05) is 50.0 Å². The molecule has 10 nitrogen and oxygen atoms in total. The van der Waals surface area contributed by atoms with Gasteiger partial charge in [0.25, 0.3) is 12.9 Å². The van der Waals surface area contributed by atoms with Crippen LogP contribution in [0.4, 0.5) is 5.82 Å². The molecule has 2 unspecified atom stereocenters. The minimum atomic E-state index is -0.250. The number of H-pyrrole nitrogens is 1. The van der Waals surface area contributed by atoms with Gasteiger partial charge in [0.05, 0.1) is 12.0 Å². The average molecular weight is 481 g/mol. The van der Waals surface area contributed by atoms with Gasteiger partial charge in [-0.15, -0.1) is 5.10 Å². The topological polar surface area (TPSA) is 136 Å². The van der Waals surface area contributed by atoms with E-state index in [4.69, 9.17) is 19.8 Å². The van der Waals surface area contributed by atoms with Crippen LogP contribution in [0.1, 0.15) is 23.4 Å². The minimum Gasteiger partial charge on any atom is -0.483 e. The summed E-state index contributed by atoms with van der Waals surface area (Å²) in [7, 11) is 0. The van der Waals surface area contributed by atoms with Gasteiger partial charge in [0.15, 0.2) is 5.82 Å². The second-order valence-corrected chi connectivity index (χ2v) is 8.92. The van der Waals surface area contributed by atoms with Crippen molar-refractivity contribution in [3.8, 4) is 0 Å². The average Bonchev–Trinajstić information content (AvgIpc) is 3.56. The zero-order valence-electron chi connectivity index (χ0n) is 19.8. The van der Waals surface area contributed by atoms with E-state index in [2.05, 4.69) is 72.4 Å². The normalized spacial score (nSPS) is 20.7. The van der Waals surface area contributed by atoms with E-state index >= 15 is 0 Å². The number of likely N-dealkylation sites (tertiary alicyclic amines) is 1. The fourth-order valence-corrected chi connectivity index (χ4v) is 5.15. The lowest BCUT2D eigenvalue weighted by Gasteiger charge is -2.30. The molecule has 186 valence electrons. The zero-order valence-corrected chi connectivity index (χ0v) is 19.8. The molecule has 3 aromatic rings. The van der Waals surface area contributed by atoms with Gasteiger partial charge in [-0.25, -0.2) is 4.98 Å². The van der Waals surface area contributed by atoms with E-state index in [1.165, 1.54) is 17.7 Å². The van der Waals surface area contributed by atoms with E-state index in [0.717, 1.165) is 50.7 Å². The number of aromatic nitrogens is 4. The van der Waals surface area contributed by atoms with Crippen LogP contribution in [0.15, 0.2) is 55.0 Å². The number of anilines is 1. The molecule has 0 radical (unpaired) electrons. The first-order valence-electron chi connectivity index (χ1n) is 11.5. The van der Waals surface area contributed by atoms with Crippen molar-refractivity contribution in [2.45, 2.75) is 26.3 Å². The summed E-state index contributed by atoms with van der Waals surface area (Å²) in [6, 6.07) is 15.1. The Bertz CT molecular complexity index is 1030. The molecule has 2 aliphatic rings. The highest BCUT2D eigenvalue weighted by molar-refractivity contribution is 5.41. The molecule has 5 rings (SSSR count). The highest BCUT2D eigenvalue weighted by Gasteiger charge is 2.52. The molecular weight excluding hydrogens is 448 g/mol. The Morgan fingerprint density at radius 1 is 1.06 bits per heavy atom. The van der Waals surface area contributed by atoms with Crippen LogP contribution in [0.5, 0.6) is 0 Å². The summed E-state index contributed by atoms with van der Waals surface area (Å²) in [5.74, 6) is 1.67. The molecule has 0 bridgehead atoms. The number of nitrogens with zero attached hydrogens (tertiary/aromatic N) is 5. The van der Waals surface area contributed by atoms with E-state index in [0.29, 0.717) is 11.3 Å². The van der Waals surface area contributed by atoms with Gasteiger partial charge in [0.2, 0.25) is 0 Å². The first-order chi connectivity index (χ1) is 17.0. The highest BCUT2D eigenvalue weighted by Crippen LogP contribution is 2.47. The standard InChI is InChI=1S/C23H28N6.2CH2O2/c1-18-7-8-22(27-26-18)29-13-20-12-28(14-21-11-24-17-25-21)15-23(20,16-29)10-9-19-5-3-2-4-6-19;2*2-1-3/h2-8,11,17,20H,9-10,12-16H2,1H3,(H,24,25);2*1H,(H,2,3). The zero-order chi connectivity index (χ0) is 25.1. The lowest BCUT2D eigenvalue weighted by atomic mass is 9.76. The Hall–Kier alpha value is -3.79. The number of aryl methyl sites for hydroxylation is 2. The Balaban J connectivity index is 0.000000520. The predicted octanol–water partition coefficient (Wildman–Crippen LogP) is 2.48. The van der Waals surface area contributed by atoms with Crippen molar-refractivity contribution < 1.29 is 19.8 Å². The van der Waals surface area contributed by atoms with Crippen molar-refractivity contribution >= 4 is 18.8 Å². The lowest BCUT2D eigenvalue weighted by molar-refractivity contribution is -0.123. The van der Waals surface area contributed by atoms with Gasteiger partial charge >= 0.3 is 0 Å². The second-order valence-electron chi connectivity index (χ2n) is 8.92. The van der Waals surface area contributed by atoms with Gasteiger partial charge in [0.1, 0.15) is 0 Å². The SMILES string of the molecule is Cc1ccc(N2CC3CN(Cc4cnc[nH]4)CC3(CCc3ccccc3)C2)nn1.O=CO.O=CO. The number of aromatic amines is 1. The first-order valence-corrected chi connectivity index (χ1v) is 11.5. The molecule has 3 N–H and O–H groups in total. The number of hydrogen-bond donors (Lipinski definition) is 3. The maximum Gasteiger partial charge on any atom is 0.290 e. The summed E-state index contributed by atoms with van der Waals surface area (Å²) in [6.07, 6.45) is 6.05. The molecule has 1 aromatic carbocycles. The quantitative estimate of drug-likeness (QED) is 0.455. The molecule has 2 atom stereocenters. The molecule has 10 heteroatoms. The fourth-order valence-electron chi connectivity index (χ4n) is 5.15. The van der Waals surface area contributed by atoms with E-state index in [1.807, 2.05) is 13.1 Å². The fraction of sp³-hybridized carbons (Fsp3) is 0.400. The van der Waals surface area contributed by atoms with Crippen LogP contribution >= 0.6 is 0 Å². The van der Waals surface area contributed by atoms with Crippen molar-refractivity contribution in [3.63, 3.8) is 0 Å². The summed E-state index contributed by atoms with van der Waals surface area (Å²) < 4.78 is 0. The summed E-state index contributed by atoms with van der Waals surface area (Å²) in [4.78, 5) is 29.2. The molecule has 35 heavy (non-hydrogen) atoms. The summed E-state index contributed by atoms with van der Waals surface area (Å²) in [5.41, 5.74) is 3.89. The van der Waals surface area contributed by atoms with Crippen LogP contribution in [-0.2, 0) is 22.6 Å². The van der Waals surface area contributed by atoms with Crippen LogP contribution < -0.4 is 4.90 Å². The number of fused-ring (bicyclic) bond motifs is 1. The van der Waals surface area contributed by atoms with Gasteiger partial charge < -0.3 is 20.1 Å². The Morgan fingerprint density at radius 3 is 2.43 bits per heavy atom. The molecule has 0 aliphatic carbocycles. The maximum absolute atomic E-state index is 8.36. The van der Waals surface area contributed by atoms with Crippen molar-refractivity contribution in [1.29, 1.82) is 0 Å². The molecule has 0 spiro atoms. The van der Waals surface area contributed by atoms with Crippen LogP contribution in [-0.4, -0.2) is 74.4 Å². The van der Waals surface area contributed by atoms with Crippen molar-refractivity contribution in [2.24, 2.45) is 11.3 Å². The molecule has 4 heterocycles. The van der Waals surface area contributed by atoms with Gasteiger partial charge in [-0.05, 0) is 43.4 Å². The monoisotopic (exact) mass is 480 g/mol. The number of rotatable bonds is 6. The molecule has 2 fully saturated rings. The summed E-state index contributed by atoms with van der Waals surface area (Å²) in [6.45, 7) is 6.81. The number of benzene rings is 1. The van der Waals surface area contributed by atoms with Crippen molar-refractivity contribution in [3.05, 3.63) is 71.9 Å². The molecule has 0 amide bonds. The Labute approximate surface area is 204 Å². The number of imidazole rings is 1. The third-order valence-electron chi connectivity index (χ3n) is 6.64. The van der Waals surface area contributed by atoms with Crippen LogP contribution in [0.25, 0.3) is 0 Å². The number of hydrogen-bond acceptors (Lipinski definition) is 7. The molecule has 2 saturated heterocycles. The molecule has 0 saturated carbocycles. The number of carbonyl (C=O) groups is 2. The van der Waals surface area contributed by atoms with Crippen molar-refractivity contribution in [1.82, 2.24) is 25.1 Å². The van der Waals surface area contributed by atoms with Crippen LogP contribution in [0.2, 0.25) is 0 Å². The summed E-state index contributed by atoms with van der Waals surface area (Å²) in [5, 5.41) is 22.5. The highest BCUT2D eigenvalue weighted by atomic mass is 16.3. The first kappa shape index (κ1) is 25.8. The van der Waals surface area contributed by atoms with E-state index in [9.17, 15) is 0 Å². The van der Waals surface area contributed by atoms with Crippen molar-refractivity contribution in [2.75, 3.05) is 31.1 Å². The van der Waals surface area contributed by atoms with Gasteiger partial charge in [-0.1, -0.05) is 30.3 Å². The van der Waals surface area contributed by atoms with E-state index in [-0.39, 0.29) is 12.9 Å². The smallest absolute Gasteiger partial charge is 0.290 e. The van der Waals surface area contributed by atoms with Gasteiger partial charge in [-0.2, -0.15) is 5.10 Å². The second kappa shape index (κ2) is 12.6. The largest absolute Gasteiger partial charge is 0.483 e. The Kier molecular flexibility index (Phi) is 9.31. The molecule has 2 aliphatic heterocycles. The maximum atomic E-state index is 8.36. The van der Waals surface area contributed by atoms with E-state index < -0.39 is 0 Å². The molecule has 2 aromatic heterocycles. The van der Waals surface area contributed by atoms with E-state index in [1.54, 1.807) is 6.33 Å². The summed E-state index contributed by atoms with van der Waals surface area (Å²) >= 11 is 0. The third-order valence-corrected chi connectivity index (χ3v) is 6.64. The lowest BCUT2D eigenvalue weighted by Crippen LogP contribution is -2.35. The predicted molar refractivity (Wildman–Crippen MR) is 131 cm³/mol. The number of carboxylic acid groups (broad SMARTS) is 2. The van der Waals surface area contributed by atoms with Crippen LogP contribution in [0, 0.1) is 18.3 Å². The minimum absolute atomic E-state index is 0.250. The van der Waals surface area contributed by atoms with Gasteiger partial charge in [-0.3, -0.25) is 14.5 Å². The number of nitrogens with one attached hydrogen (secondary N) is 1. The Morgan fingerprint density at radius 2 is 1.80 bits per heavy atom. The molecular formula is C25H32N6O4. The third kappa shape index (κ3) is 6.86.